The summed E-state index contributed by atoms with van der Waals surface area (Å²) in [5.74, 6) is 0. The molecule has 0 aromatic heterocycles. The highest BCUT2D eigenvalue weighted by molar-refractivity contribution is 5.62. The fraction of sp³-hybridized carbons (Fsp3) is 0.579. The van der Waals surface area contributed by atoms with E-state index in [1.807, 2.05) is 6.92 Å². The smallest absolute Gasteiger partial charge is 0.0812 e. The second-order valence-electron chi connectivity index (χ2n) is 7.74. The highest BCUT2D eigenvalue weighted by atomic mass is 16.3. The summed E-state index contributed by atoms with van der Waals surface area (Å²) in [4.78, 5) is 0. The molecular formula is C19H26O. The van der Waals surface area contributed by atoms with E-state index >= 15 is 0 Å². The Morgan fingerprint density at radius 1 is 0.750 bits per heavy atom. The van der Waals surface area contributed by atoms with Crippen molar-refractivity contribution in [2.75, 3.05) is 0 Å². The molecule has 0 spiro atoms. The van der Waals surface area contributed by atoms with Gasteiger partial charge in [0.15, 0.2) is 0 Å². The Morgan fingerprint density at radius 2 is 1.15 bits per heavy atom. The van der Waals surface area contributed by atoms with Crippen molar-refractivity contribution in [1.82, 2.24) is 0 Å². The molecule has 0 unspecified atom stereocenters. The molecule has 0 saturated heterocycles. The molecule has 2 bridgehead atoms. The summed E-state index contributed by atoms with van der Waals surface area (Å²) in [6.07, 6.45) is 0. The molecular weight excluding hydrogens is 244 g/mol. The molecule has 0 heterocycles. The van der Waals surface area contributed by atoms with Crippen LogP contribution in [0, 0.1) is 5.41 Å². The van der Waals surface area contributed by atoms with Gasteiger partial charge in [-0.2, -0.15) is 0 Å². The first-order valence-corrected chi connectivity index (χ1v) is 7.55. The van der Waals surface area contributed by atoms with Gasteiger partial charge in [-0.1, -0.05) is 56.2 Å². The summed E-state index contributed by atoms with van der Waals surface area (Å²) in [6.45, 7) is 15.4. The Balaban J connectivity index is 2.56. The molecule has 108 valence electrons. The van der Waals surface area contributed by atoms with E-state index in [2.05, 4.69) is 65.8 Å². The van der Waals surface area contributed by atoms with Gasteiger partial charge in [0.05, 0.1) is 5.60 Å². The largest absolute Gasteiger partial charge is 0.388 e. The van der Waals surface area contributed by atoms with Gasteiger partial charge in [0.2, 0.25) is 0 Å². The monoisotopic (exact) mass is 270 g/mol. The van der Waals surface area contributed by atoms with Gasteiger partial charge in [0, 0.05) is 16.2 Å². The zero-order valence-corrected chi connectivity index (χ0v) is 13.8. The van der Waals surface area contributed by atoms with Crippen molar-refractivity contribution in [2.24, 2.45) is 5.41 Å². The van der Waals surface area contributed by atoms with Crippen LogP contribution in [0.1, 0.15) is 59.6 Å². The third-order valence-electron chi connectivity index (χ3n) is 7.51. The maximum absolute atomic E-state index is 11.5. The van der Waals surface area contributed by atoms with E-state index in [1.165, 1.54) is 22.3 Å². The molecule has 3 aliphatic rings. The van der Waals surface area contributed by atoms with Gasteiger partial charge in [-0.25, -0.2) is 0 Å². The molecule has 0 fully saturated rings. The van der Waals surface area contributed by atoms with Crippen LogP contribution < -0.4 is 0 Å². The van der Waals surface area contributed by atoms with E-state index in [4.69, 9.17) is 0 Å². The molecule has 20 heavy (non-hydrogen) atoms. The van der Waals surface area contributed by atoms with Crippen LogP contribution in [0.4, 0.5) is 0 Å². The number of fused-ring (bicyclic) bond motifs is 1. The summed E-state index contributed by atoms with van der Waals surface area (Å²) >= 11 is 0. The van der Waals surface area contributed by atoms with Crippen molar-refractivity contribution in [3.63, 3.8) is 0 Å². The molecule has 1 heteroatoms. The SMILES string of the molecule is CC1=C(C)[C@@]2(C)c3ccccc3[C@@]1(C)C(C)(C)[C@@]2(C)O. The molecule has 0 saturated carbocycles. The molecule has 0 radical (unpaired) electrons. The molecule has 0 amide bonds. The fourth-order valence-electron chi connectivity index (χ4n) is 5.05. The summed E-state index contributed by atoms with van der Waals surface area (Å²) in [5, 5.41) is 11.5. The average Bonchev–Trinajstić information content (AvgIpc) is 2.40. The highest BCUT2D eigenvalue weighted by Gasteiger charge is 2.70. The van der Waals surface area contributed by atoms with E-state index in [0.717, 1.165) is 0 Å². The number of hydrogen-bond donors (Lipinski definition) is 1. The van der Waals surface area contributed by atoms with Gasteiger partial charge in [0.1, 0.15) is 0 Å². The number of rotatable bonds is 0. The quantitative estimate of drug-likeness (QED) is 0.695. The summed E-state index contributed by atoms with van der Waals surface area (Å²) in [5.41, 5.74) is 4.04. The van der Waals surface area contributed by atoms with E-state index in [-0.39, 0.29) is 16.2 Å². The Kier molecular flexibility index (Phi) is 2.35. The van der Waals surface area contributed by atoms with Gasteiger partial charge in [-0.05, 0) is 38.8 Å². The molecule has 1 aromatic carbocycles. The zero-order valence-electron chi connectivity index (χ0n) is 13.8. The number of allylic oxidation sites excluding steroid dienone is 1. The molecule has 4 rings (SSSR count). The third kappa shape index (κ3) is 1.02. The predicted octanol–water partition coefficient (Wildman–Crippen LogP) is 4.34. The Labute approximate surface area is 122 Å². The normalized spacial score (nSPS) is 41.8. The van der Waals surface area contributed by atoms with Crippen molar-refractivity contribution in [3.05, 3.63) is 46.5 Å². The van der Waals surface area contributed by atoms with Crippen molar-refractivity contribution in [1.29, 1.82) is 0 Å². The molecule has 1 aromatic rings. The van der Waals surface area contributed by atoms with Gasteiger partial charge >= 0.3 is 0 Å². The van der Waals surface area contributed by atoms with Crippen LogP contribution in [0.5, 0.6) is 0 Å². The topological polar surface area (TPSA) is 20.2 Å². The first kappa shape index (κ1) is 13.9. The number of aliphatic hydroxyl groups is 1. The van der Waals surface area contributed by atoms with E-state index in [0.29, 0.717) is 0 Å². The number of hydrogen-bond acceptors (Lipinski definition) is 1. The van der Waals surface area contributed by atoms with Gasteiger partial charge < -0.3 is 5.11 Å². The van der Waals surface area contributed by atoms with E-state index < -0.39 is 5.60 Å². The Morgan fingerprint density at radius 3 is 1.65 bits per heavy atom. The second-order valence-corrected chi connectivity index (χ2v) is 7.74. The van der Waals surface area contributed by atoms with Gasteiger partial charge in [-0.3, -0.25) is 0 Å². The van der Waals surface area contributed by atoms with Crippen LogP contribution in [-0.4, -0.2) is 10.7 Å². The Hall–Kier alpha value is -1.08. The van der Waals surface area contributed by atoms with Crippen LogP contribution in [0.3, 0.4) is 0 Å². The van der Waals surface area contributed by atoms with Crippen LogP contribution in [0.15, 0.2) is 35.4 Å². The van der Waals surface area contributed by atoms with Crippen LogP contribution in [0.25, 0.3) is 0 Å². The van der Waals surface area contributed by atoms with Crippen molar-refractivity contribution < 1.29 is 5.11 Å². The fourth-order valence-corrected chi connectivity index (χ4v) is 5.05. The maximum atomic E-state index is 11.5. The minimum atomic E-state index is -0.771. The zero-order chi connectivity index (χ0) is 15.1. The summed E-state index contributed by atoms with van der Waals surface area (Å²) in [7, 11) is 0. The van der Waals surface area contributed by atoms with Gasteiger partial charge in [0.25, 0.3) is 0 Å². The van der Waals surface area contributed by atoms with E-state index in [9.17, 15) is 5.11 Å². The summed E-state index contributed by atoms with van der Waals surface area (Å²) in [6, 6.07) is 8.68. The maximum Gasteiger partial charge on any atom is 0.0812 e. The molecule has 0 aliphatic heterocycles. The lowest BCUT2D eigenvalue weighted by molar-refractivity contribution is -0.146. The first-order chi connectivity index (χ1) is 9.04. The van der Waals surface area contributed by atoms with Crippen molar-refractivity contribution in [2.45, 2.75) is 64.9 Å². The van der Waals surface area contributed by atoms with Crippen LogP contribution >= 0.6 is 0 Å². The minimum Gasteiger partial charge on any atom is -0.388 e. The van der Waals surface area contributed by atoms with Crippen LogP contribution in [-0.2, 0) is 10.8 Å². The summed E-state index contributed by atoms with van der Waals surface area (Å²) < 4.78 is 0. The lowest BCUT2D eigenvalue weighted by Gasteiger charge is -2.69. The van der Waals surface area contributed by atoms with Crippen molar-refractivity contribution >= 4 is 0 Å². The standard InChI is InChI=1S/C19H26O/c1-12-13(2)18(6)15-11-9-8-10-14(15)17(12,5)16(3,4)19(18,7)20/h8-11,20H,1-7H3/t17-,18-,19+/m0/s1. The van der Waals surface area contributed by atoms with Gasteiger partial charge in [-0.15, -0.1) is 0 Å². The Bertz CT molecular complexity index is 580. The second kappa shape index (κ2) is 3.39. The average molecular weight is 270 g/mol. The molecule has 3 aliphatic carbocycles. The molecule has 1 nitrogen and oxygen atoms in total. The van der Waals surface area contributed by atoms with E-state index in [1.54, 1.807) is 0 Å². The molecule has 3 atom stereocenters. The molecule has 1 N–H and O–H groups in total. The first-order valence-electron chi connectivity index (χ1n) is 7.55. The predicted molar refractivity (Wildman–Crippen MR) is 83.9 cm³/mol. The minimum absolute atomic E-state index is 0.116. The third-order valence-corrected chi connectivity index (χ3v) is 7.51. The van der Waals surface area contributed by atoms with Crippen molar-refractivity contribution in [3.8, 4) is 0 Å². The highest BCUT2D eigenvalue weighted by Crippen LogP contribution is 2.69. The van der Waals surface area contributed by atoms with Crippen LogP contribution in [0.2, 0.25) is 0 Å². The lowest BCUT2D eigenvalue weighted by atomic mass is 9.36. The number of benzene rings is 1. The lowest BCUT2D eigenvalue weighted by Crippen LogP contribution is -2.71.